The number of rotatable bonds is 11. The lowest BCUT2D eigenvalue weighted by atomic mass is 10.0. The second-order valence-electron chi connectivity index (χ2n) is 8.49. The van der Waals surface area contributed by atoms with Crippen LogP contribution >= 0.6 is 11.8 Å². The molecule has 0 unspecified atom stereocenters. The third-order valence-electron chi connectivity index (χ3n) is 5.59. The molecule has 0 aromatic heterocycles. The number of unbranched alkanes of at least 4 members (excludes halogenated alkanes) is 2. The molecule has 0 aromatic rings. The first-order chi connectivity index (χ1) is 13.9. The zero-order valence-electron chi connectivity index (χ0n) is 18.5. The summed E-state index contributed by atoms with van der Waals surface area (Å²) in [6.07, 6.45) is 6.12. The van der Waals surface area contributed by atoms with Gasteiger partial charge in [0.15, 0.2) is 0 Å². The van der Waals surface area contributed by atoms with Crippen molar-refractivity contribution in [3.63, 3.8) is 0 Å². The topological polar surface area (TPSA) is 73.0 Å². The van der Waals surface area contributed by atoms with Crippen molar-refractivity contribution in [1.82, 2.24) is 20.0 Å². The van der Waals surface area contributed by atoms with Gasteiger partial charge in [0.05, 0.1) is 13.1 Å². The Bertz CT molecular complexity index is 572. The van der Waals surface area contributed by atoms with E-state index in [1.807, 2.05) is 11.2 Å². The maximum Gasteiger partial charge on any atom is 0.246 e. The molecule has 2 heterocycles. The third kappa shape index (κ3) is 6.60. The van der Waals surface area contributed by atoms with Gasteiger partial charge in [-0.1, -0.05) is 33.6 Å². The molecular formula is C21H38N4O3S. The Morgan fingerprint density at radius 1 is 1.28 bits per heavy atom. The van der Waals surface area contributed by atoms with E-state index in [-0.39, 0.29) is 30.4 Å². The molecule has 8 heteroatoms. The number of hydrogen-bond donors (Lipinski definition) is 1. The number of carbonyl (C=O) groups excluding carboxylic acids is 3. The molecule has 3 amide bonds. The maximum absolute atomic E-state index is 13.2. The molecule has 0 aliphatic carbocycles. The quantitative estimate of drug-likeness (QED) is 0.510. The van der Waals surface area contributed by atoms with Gasteiger partial charge in [0.25, 0.3) is 0 Å². The van der Waals surface area contributed by atoms with Crippen molar-refractivity contribution in [2.45, 2.75) is 65.1 Å². The molecule has 0 bridgehead atoms. The zero-order chi connectivity index (χ0) is 21.4. The minimum atomic E-state index is -0.462. The summed E-state index contributed by atoms with van der Waals surface area (Å²) in [6, 6.07) is -0.462. The van der Waals surface area contributed by atoms with Gasteiger partial charge in [-0.05, 0) is 30.8 Å². The summed E-state index contributed by atoms with van der Waals surface area (Å²) in [5, 5.41) is 2.94. The Morgan fingerprint density at radius 3 is 2.69 bits per heavy atom. The van der Waals surface area contributed by atoms with Gasteiger partial charge in [0.2, 0.25) is 17.7 Å². The number of nitrogens with one attached hydrogen (secondary N) is 1. The Morgan fingerprint density at radius 2 is 2.03 bits per heavy atom. The normalized spacial score (nSPS) is 22.9. The average Bonchev–Trinajstić information content (AvgIpc) is 2.67. The SMILES string of the molecule is CCCCCNC(=O)CN1C[C@@H]2N(CC(C)C)CCC(=O)N2[C@@H](CCSC)C1=O. The molecule has 29 heavy (non-hydrogen) atoms. The van der Waals surface area contributed by atoms with Crippen LogP contribution in [0.1, 0.15) is 52.9 Å². The van der Waals surface area contributed by atoms with E-state index in [9.17, 15) is 14.4 Å². The summed E-state index contributed by atoms with van der Waals surface area (Å²) in [5.41, 5.74) is 0. The molecular weight excluding hydrogens is 388 g/mol. The van der Waals surface area contributed by atoms with Crippen LogP contribution in [0.2, 0.25) is 0 Å². The first-order valence-corrected chi connectivity index (χ1v) is 12.4. The molecule has 2 aliphatic rings. The van der Waals surface area contributed by atoms with Gasteiger partial charge in [-0.15, -0.1) is 0 Å². The van der Waals surface area contributed by atoms with Gasteiger partial charge < -0.3 is 15.1 Å². The van der Waals surface area contributed by atoms with Crippen LogP contribution in [0.3, 0.4) is 0 Å². The van der Waals surface area contributed by atoms with E-state index in [2.05, 4.69) is 31.0 Å². The summed E-state index contributed by atoms with van der Waals surface area (Å²) in [7, 11) is 0. The molecule has 7 nitrogen and oxygen atoms in total. The van der Waals surface area contributed by atoms with Crippen molar-refractivity contribution in [2.75, 3.05) is 44.7 Å². The number of thioether (sulfide) groups is 1. The van der Waals surface area contributed by atoms with Crippen LogP contribution in [0.4, 0.5) is 0 Å². The number of carbonyl (C=O) groups is 3. The van der Waals surface area contributed by atoms with Crippen molar-refractivity contribution in [2.24, 2.45) is 5.92 Å². The highest BCUT2D eigenvalue weighted by Crippen LogP contribution is 2.28. The fourth-order valence-corrected chi connectivity index (χ4v) is 4.67. The molecule has 2 fully saturated rings. The fraction of sp³-hybridized carbons (Fsp3) is 0.857. The van der Waals surface area contributed by atoms with Crippen molar-refractivity contribution in [1.29, 1.82) is 0 Å². The second-order valence-corrected chi connectivity index (χ2v) is 9.48. The van der Waals surface area contributed by atoms with Crippen molar-refractivity contribution < 1.29 is 14.4 Å². The Kier molecular flexibility index (Phi) is 9.75. The summed E-state index contributed by atoms with van der Waals surface area (Å²) < 4.78 is 0. The van der Waals surface area contributed by atoms with Crippen LogP contribution in [-0.4, -0.2) is 89.4 Å². The molecule has 166 valence electrons. The highest BCUT2D eigenvalue weighted by atomic mass is 32.2. The number of amides is 3. The molecule has 2 saturated heterocycles. The maximum atomic E-state index is 13.2. The number of hydrogen-bond acceptors (Lipinski definition) is 5. The molecule has 2 rings (SSSR count). The third-order valence-corrected chi connectivity index (χ3v) is 6.24. The smallest absolute Gasteiger partial charge is 0.246 e. The fourth-order valence-electron chi connectivity index (χ4n) is 4.21. The second kappa shape index (κ2) is 11.8. The van der Waals surface area contributed by atoms with E-state index in [4.69, 9.17) is 0 Å². The predicted molar refractivity (Wildman–Crippen MR) is 118 cm³/mol. The van der Waals surface area contributed by atoms with Crippen molar-refractivity contribution in [3.05, 3.63) is 0 Å². The van der Waals surface area contributed by atoms with Gasteiger partial charge in [-0.25, -0.2) is 0 Å². The molecule has 2 atom stereocenters. The zero-order valence-corrected chi connectivity index (χ0v) is 19.3. The van der Waals surface area contributed by atoms with Crippen LogP contribution in [-0.2, 0) is 14.4 Å². The monoisotopic (exact) mass is 426 g/mol. The largest absolute Gasteiger partial charge is 0.355 e. The lowest BCUT2D eigenvalue weighted by Crippen LogP contribution is -2.71. The number of fused-ring (bicyclic) bond motifs is 1. The van der Waals surface area contributed by atoms with E-state index in [0.717, 1.165) is 38.1 Å². The van der Waals surface area contributed by atoms with Crippen LogP contribution in [0.5, 0.6) is 0 Å². The standard InChI is InChI=1S/C21H38N4O3S/c1-5-6-7-10-22-18(26)14-24-15-19-23(13-16(2)3)11-8-20(27)25(19)17(21(24)28)9-12-29-4/h16-17,19H,5-15H2,1-4H3,(H,22,26)/t17-,19+/m0/s1. The van der Waals surface area contributed by atoms with E-state index in [1.54, 1.807) is 16.7 Å². The van der Waals surface area contributed by atoms with Gasteiger partial charge in [-0.3, -0.25) is 19.3 Å². The van der Waals surface area contributed by atoms with Crippen LogP contribution in [0, 0.1) is 5.92 Å². The van der Waals surface area contributed by atoms with Gasteiger partial charge in [-0.2, -0.15) is 11.8 Å². The van der Waals surface area contributed by atoms with Crippen molar-refractivity contribution in [3.8, 4) is 0 Å². The highest BCUT2D eigenvalue weighted by Gasteiger charge is 2.47. The molecule has 0 aromatic carbocycles. The lowest BCUT2D eigenvalue weighted by Gasteiger charge is -2.52. The van der Waals surface area contributed by atoms with Crippen LogP contribution in [0.15, 0.2) is 0 Å². The summed E-state index contributed by atoms with van der Waals surface area (Å²) in [5.74, 6) is 1.16. The number of piperazine rings is 1. The first-order valence-electron chi connectivity index (χ1n) is 11.0. The van der Waals surface area contributed by atoms with Crippen LogP contribution < -0.4 is 5.32 Å². The van der Waals surface area contributed by atoms with E-state index < -0.39 is 6.04 Å². The van der Waals surface area contributed by atoms with Crippen LogP contribution in [0.25, 0.3) is 0 Å². The van der Waals surface area contributed by atoms with E-state index in [0.29, 0.717) is 31.8 Å². The first kappa shape index (κ1) is 24.0. The minimum Gasteiger partial charge on any atom is -0.355 e. The number of nitrogens with zero attached hydrogens (tertiary/aromatic N) is 3. The predicted octanol–water partition coefficient (Wildman–Crippen LogP) is 1.77. The van der Waals surface area contributed by atoms with Gasteiger partial charge in [0, 0.05) is 26.1 Å². The van der Waals surface area contributed by atoms with Crippen molar-refractivity contribution >= 4 is 29.5 Å². The molecule has 0 spiro atoms. The van der Waals surface area contributed by atoms with E-state index in [1.165, 1.54) is 0 Å². The lowest BCUT2D eigenvalue weighted by molar-refractivity contribution is -0.171. The molecule has 0 radical (unpaired) electrons. The Balaban J connectivity index is 2.13. The molecule has 0 saturated carbocycles. The summed E-state index contributed by atoms with van der Waals surface area (Å²) in [4.78, 5) is 44.2. The summed E-state index contributed by atoms with van der Waals surface area (Å²) in [6.45, 7) is 9.21. The average molecular weight is 427 g/mol. The highest BCUT2D eigenvalue weighted by molar-refractivity contribution is 7.98. The van der Waals surface area contributed by atoms with Gasteiger partial charge in [0.1, 0.15) is 12.2 Å². The summed E-state index contributed by atoms with van der Waals surface area (Å²) >= 11 is 1.68. The Labute approximate surface area is 179 Å². The van der Waals surface area contributed by atoms with Gasteiger partial charge >= 0.3 is 0 Å². The Hall–Kier alpha value is -1.28. The minimum absolute atomic E-state index is 0.0677. The molecule has 2 aliphatic heterocycles. The molecule has 1 N–H and O–H groups in total. The van der Waals surface area contributed by atoms with E-state index >= 15 is 0 Å².